The van der Waals surface area contributed by atoms with E-state index in [0.717, 1.165) is 11.3 Å². The molecule has 1 heterocycles. The number of nitrogens with zero attached hydrogens (tertiary/aromatic N) is 1. The molecule has 1 fully saturated rings. The van der Waals surface area contributed by atoms with Crippen LogP contribution in [0.3, 0.4) is 0 Å². The average Bonchev–Trinajstić information content (AvgIpc) is 2.95. The summed E-state index contributed by atoms with van der Waals surface area (Å²) in [5, 5.41) is 3.28. The molecule has 25 heavy (non-hydrogen) atoms. The van der Waals surface area contributed by atoms with Crippen LogP contribution >= 0.6 is 12.2 Å². The molecule has 0 radical (unpaired) electrons. The fourth-order valence-electron chi connectivity index (χ4n) is 2.63. The van der Waals surface area contributed by atoms with Crippen molar-refractivity contribution < 1.29 is 14.3 Å². The molecule has 0 spiro atoms. The number of hydrazine groups is 1. The zero-order chi connectivity index (χ0) is 18.4. The molecule has 0 bridgehead atoms. The molecule has 1 aromatic rings. The number of nitrogens with one attached hydrogen (secondary N) is 3. The molecule has 2 amide bonds. The molecule has 7 nitrogen and oxygen atoms in total. The van der Waals surface area contributed by atoms with Crippen LogP contribution in [0.4, 0.5) is 5.69 Å². The fourth-order valence-corrected chi connectivity index (χ4v) is 2.88. The number of benzene rings is 1. The van der Waals surface area contributed by atoms with Gasteiger partial charge < -0.3 is 15.0 Å². The Kier molecular flexibility index (Phi) is 6.72. The van der Waals surface area contributed by atoms with E-state index in [2.05, 4.69) is 16.2 Å². The van der Waals surface area contributed by atoms with Gasteiger partial charge in [-0.05, 0) is 38.2 Å². The number of aryl methyl sites for hydroxylation is 1. The van der Waals surface area contributed by atoms with Gasteiger partial charge in [0.2, 0.25) is 11.8 Å². The minimum absolute atomic E-state index is 0.0204. The summed E-state index contributed by atoms with van der Waals surface area (Å²) in [5.41, 5.74) is 7.15. The number of methoxy groups -OCH3 is 1. The third-order valence-corrected chi connectivity index (χ3v) is 4.15. The van der Waals surface area contributed by atoms with E-state index < -0.39 is 5.92 Å². The average molecular weight is 364 g/mol. The molecule has 136 valence electrons. The highest BCUT2D eigenvalue weighted by Crippen LogP contribution is 2.25. The van der Waals surface area contributed by atoms with Gasteiger partial charge in [0, 0.05) is 31.8 Å². The number of hydrogen-bond donors (Lipinski definition) is 3. The van der Waals surface area contributed by atoms with Crippen LogP contribution in [-0.4, -0.2) is 43.2 Å². The van der Waals surface area contributed by atoms with Crippen molar-refractivity contribution in [1.29, 1.82) is 0 Å². The highest BCUT2D eigenvalue weighted by Gasteiger charge is 2.35. The van der Waals surface area contributed by atoms with Crippen molar-refractivity contribution in [2.45, 2.75) is 26.3 Å². The normalized spacial score (nSPS) is 18.0. The van der Waals surface area contributed by atoms with Crippen molar-refractivity contribution in [3.05, 3.63) is 29.8 Å². The smallest absolute Gasteiger partial charge is 0.243 e. The number of amides is 2. The number of hydrogen-bond acceptors (Lipinski definition) is 4. The Bertz CT molecular complexity index is 635. The second-order valence-electron chi connectivity index (χ2n) is 6.19. The van der Waals surface area contributed by atoms with Crippen molar-refractivity contribution in [2.24, 2.45) is 5.92 Å². The zero-order valence-electron chi connectivity index (χ0n) is 14.7. The highest BCUT2D eigenvalue weighted by molar-refractivity contribution is 7.80. The van der Waals surface area contributed by atoms with Crippen LogP contribution in [0.25, 0.3) is 0 Å². The first-order valence-corrected chi connectivity index (χ1v) is 8.54. The topological polar surface area (TPSA) is 82.7 Å². The maximum Gasteiger partial charge on any atom is 0.243 e. The summed E-state index contributed by atoms with van der Waals surface area (Å²) in [6, 6.07) is 7.70. The molecular formula is C17H24N4O3S. The summed E-state index contributed by atoms with van der Waals surface area (Å²) >= 11 is 5.10. The standard InChI is InChI=1S/C17H24N4O3S/c1-11-4-6-14(7-5-11)21-9-13(8-15(21)22)16(23)19-20-17(25)18-12(2)10-24-3/h4-7,12-13H,8-10H2,1-3H3,(H,19,23)(H2,18,20,25)/t12-,13+/m1/s1. The van der Waals surface area contributed by atoms with Crippen LogP contribution in [0.2, 0.25) is 0 Å². The summed E-state index contributed by atoms with van der Waals surface area (Å²) in [5.74, 6) is -0.731. The highest BCUT2D eigenvalue weighted by atomic mass is 32.1. The lowest BCUT2D eigenvalue weighted by atomic mass is 10.1. The number of ether oxygens (including phenoxy) is 1. The molecule has 3 N–H and O–H groups in total. The minimum atomic E-state index is -0.416. The number of carbonyl (C=O) groups is 2. The quantitative estimate of drug-likeness (QED) is 0.531. The summed E-state index contributed by atoms with van der Waals surface area (Å²) in [6.45, 7) is 4.75. The molecule has 0 saturated carbocycles. The Labute approximate surface area is 153 Å². The maximum absolute atomic E-state index is 12.3. The molecule has 0 unspecified atom stereocenters. The largest absolute Gasteiger partial charge is 0.383 e. The van der Waals surface area contributed by atoms with Crippen LogP contribution in [0, 0.1) is 12.8 Å². The molecule has 2 rings (SSSR count). The van der Waals surface area contributed by atoms with Gasteiger partial charge >= 0.3 is 0 Å². The molecule has 1 saturated heterocycles. The predicted octanol–water partition coefficient (Wildman–Crippen LogP) is 0.878. The third kappa shape index (κ3) is 5.40. The number of carbonyl (C=O) groups excluding carboxylic acids is 2. The van der Waals surface area contributed by atoms with Gasteiger partial charge in [0.05, 0.1) is 12.5 Å². The third-order valence-electron chi connectivity index (χ3n) is 3.93. The zero-order valence-corrected chi connectivity index (χ0v) is 15.5. The van der Waals surface area contributed by atoms with Gasteiger partial charge in [-0.2, -0.15) is 0 Å². The molecule has 1 aliphatic rings. The Morgan fingerprint density at radius 3 is 2.68 bits per heavy atom. The SMILES string of the molecule is COC[C@@H](C)NC(=S)NNC(=O)[C@H]1CC(=O)N(c2ccc(C)cc2)C1. The second kappa shape index (κ2) is 8.77. The van der Waals surface area contributed by atoms with Crippen molar-refractivity contribution in [1.82, 2.24) is 16.2 Å². The van der Waals surface area contributed by atoms with Crippen LogP contribution in [0.15, 0.2) is 24.3 Å². The van der Waals surface area contributed by atoms with Gasteiger partial charge in [-0.1, -0.05) is 17.7 Å². The van der Waals surface area contributed by atoms with E-state index in [9.17, 15) is 9.59 Å². The van der Waals surface area contributed by atoms with Gasteiger partial charge in [0.1, 0.15) is 0 Å². The summed E-state index contributed by atoms with van der Waals surface area (Å²) < 4.78 is 5.00. The van der Waals surface area contributed by atoms with E-state index >= 15 is 0 Å². The van der Waals surface area contributed by atoms with Crippen molar-refractivity contribution >= 4 is 34.8 Å². The van der Waals surface area contributed by atoms with E-state index in [1.54, 1.807) is 12.0 Å². The van der Waals surface area contributed by atoms with E-state index in [0.29, 0.717) is 18.3 Å². The number of rotatable bonds is 5. The lowest BCUT2D eigenvalue weighted by Gasteiger charge is -2.18. The Balaban J connectivity index is 1.84. The number of thiocarbonyl (C=S) groups is 1. The van der Waals surface area contributed by atoms with Gasteiger partial charge in [-0.3, -0.25) is 20.4 Å². The van der Waals surface area contributed by atoms with Crippen molar-refractivity contribution in [3.8, 4) is 0 Å². The molecule has 0 aromatic heterocycles. The Hall–Kier alpha value is -2.19. The van der Waals surface area contributed by atoms with Gasteiger partial charge in [-0.15, -0.1) is 0 Å². The molecule has 8 heteroatoms. The van der Waals surface area contributed by atoms with E-state index in [1.165, 1.54) is 0 Å². The minimum Gasteiger partial charge on any atom is -0.383 e. The van der Waals surface area contributed by atoms with Crippen LogP contribution in [0.5, 0.6) is 0 Å². The fraction of sp³-hybridized carbons (Fsp3) is 0.471. The monoisotopic (exact) mass is 364 g/mol. The second-order valence-corrected chi connectivity index (χ2v) is 6.59. The lowest BCUT2D eigenvalue weighted by Crippen LogP contribution is -2.51. The van der Waals surface area contributed by atoms with Gasteiger partial charge in [0.25, 0.3) is 0 Å². The van der Waals surface area contributed by atoms with Crippen LogP contribution in [0.1, 0.15) is 18.9 Å². The van der Waals surface area contributed by atoms with E-state index in [4.69, 9.17) is 17.0 Å². The van der Waals surface area contributed by atoms with E-state index in [-0.39, 0.29) is 24.3 Å². The maximum atomic E-state index is 12.3. The molecule has 1 aliphatic heterocycles. The molecule has 2 atom stereocenters. The Morgan fingerprint density at radius 2 is 2.04 bits per heavy atom. The van der Waals surface area contributed by atoms with Crippen molar-refractivity contribution in [2.75, 3.05) is 25.2 Å². The lowest BCUT2D eigenvalue weighted by molar-refractivity contribution is -0.126. The van der Waals surface area contributed by atoms with Crippen LogP contribution in [-0.2, 0) is 14.3 Å². The van der Waals surface area contributed by atoms with Gasteiger partial charge in [0.15, 0.2) is 5.11 Å². The van der Waals surface area contributed by atoms with E-state index in [1.807, 2.05) is 38.1 Å². The first kappa shape index (κ1) is 19.1. The molecule has 1 aromatic carbocycles. The first-order valence-electron chi connectivity index (χ1n) is 8.13. The summed E-state index contributed by atoms with van der Waals surface area (Å²) in [4.78, 5) is 26.1. The van der Waals surface area contributed by atoms with Crippen molar-refractivity contribution in [3.63, 3.8) is 0 Å². The van der Waals surface area contributed by atoms with Crippen LogP contribution < -0.4 is 21.1 Å². The summed E-state index contributed by atoms with van der Waals surface area (Å²) in [7, 11) is 1.60. The predicted molar refractivity (Wildman–Crippen MR) is 100.0 cm³/mol. The number of anilines is 1. The van der Waals surface area contributed by atoms with Gasteiger partial charge in [-0.25, -0.2) is 0 Å². The molecule has 0 aliphatic carbocycles. The summed E-state index contributed by atoms with van der Waals surface area (Å²) in [6.07, 6.45) is 0.182. The Morgan fingerprint density at radius 1 is 1.36 bits per heavy atom. The molecular weight excluding hydrogens is 340 g/mol. The first-order chi connectivity index (χ1) is 11.9.